The molecule has 0 spiro atoms. The van der Waals surface area contributed by atoms with Crippen molar-refractivity contribution in [3.05, 3.63) is 77.1 Å². The zero-order chi connectivity index (χ0) is 14.7. The fourth-order valence-electron chi connectivity index (χ4n) is 2.15. The first-order valence-electron chi connectivity index (χ1n) is 6.48. The van der Waals surface area contributed by atoms with Crippen LogP contribution in [0.3, 0.4) is 0 Å². The topological polar surface area (TPSA) is 74.7 Å². The molecule has 5 nitrogen and oxygen atoms in total. The molecule has 0 fully saturated rings. The number of nitro groups is 1. The molecule has 0 aliphatic heterocycles. The molecule has 0 amide bonds. The van der Waals surface area contributed by atoms with Gasteiger partial charge in [-0.1, -0.05) is 18.2 Å². The zero-order valence-corrected chi connectivity index (χ0v) is 11.1. The second kappa shape index (κ2) is 5.50. The van der Waals surface area contributed by atoms with Gasteiger partial charge in [0.2, 0.25) is 0 Å². The molecule has 0 atom stereocenters. The van der Waals surface area contributed by atoms with Gasteiger partial charge in [-0.2, -0.15) is 0 Å². The molecule has 0 aliphatic rings. The van der Waals surface area contributed by atoms with Crippen LogP contribution in [0.5, 0.6) is 0 Å². The van der Waals surface area contributed by atoms with Gasteiger partial charge in [-0.15, -0.1) is 0 Å². The van der Waals surface area contributed by atoms with Crippen LogP contribution in [0.15, 0.2) is 67.0 Å². The minimum absolute atomic E-state index is 0.127. The van der Waals surface area contributed by atoms with Gasteiger partial charge in [0.05, 0.1) is 4.92 Å². The molecule has 104 valence electrons. The van der Waals surface area contributed by atoms with Crippen molar-refractivity contribution in [3.8, 4) is 0 Å². The number of aromatic amines is 2. The number of hydrogen-bond donors (Lipinski definition) is 2. The quantitative estimate of drug-likeness (QED) is 0.404. The number of non-ortho nitro benzene ring substituents is 1. The number of nitrogens with one attached hydrogen (secondary N) is 2. The summed E-state index contributed by atoms with van der Waals surface area (Å²) in [7, 11) is 0. The SMILES string of the molecule is O=[N+]([O-])c1ccc2[nH]ccc2c1.c1ccc2[nH]ccc2c1. The first-order valence-corrected chi connectivity index (χ1v) is 6.48. The van der Waals surface area contributed by atoms with Gasteiger partial charge in [0, 0.05) is 40.9 Å². The monoisotopic (exact) mass is 279 g/mol. The summed E-state index contributed by atoms with van der Waals surface area (Å²) in [6.07, 6.45) is 3.71. The van der Waals surface area contributed by atoms with Crippen LogP contribution in [0.25, 0.3) is 21.8 Å². The van der Waals surface area contributed by atoms with E-state index in [2.05, 4.69) is 28.2 Å². The molecule has 2 N–H and O–H groups in total. The Kier molecular flexibility index (Phi) is 3.39. The molecule has 2 aromatic heterocycles. The average Bonchev–Trinajstić information content (AvgIpc) is 3.15. The lowest BCUT2D eigenvalue weighted by Crippen LogP contribution is -1.86. The summed E-state index contributed by atoms with van der Waals surface area (Å²) in [6, 6.07) is 16.8. The highest BCUT2D eigenvalue weighted by Crippen LogP contribution is 2.18. The summed E-state index contributed by atoms with van der Waals surface area (Å²) >= 11 is 0. The second-order valence-electron chi connectivity index (χ2n) is 4.57. The highest BCUT2D eigenvalue weighted by Gasteiger charge is 2.05. The van der Waals surface area contributed by atoms with Crippen molar-refractivity contribution in [1.82, 2.24) is 9.97 Å². The molecule has 2 aromatic carbocycles. The smallest absolute Gasteiger partial charge is 0.270 e. The van der Waals surface area contributed by atoms with E-state index in [0.29, 0.717) is 0 Å². The summed E-state index contributed by atoms with van der Waals surface area (Å²) in [5.41, 5.74) is 2.25. The summed E-state index contributed by atoms with van der Waals surface area (Å²) in [5, 5.41) is 12.5. The van der Waals surface area contributed by atoms with E-state index in [9.17, 15) is 10.1 Å². The number of rotatable bonds is 1. The number of fused-ring (bicyclic) bond motifs is 2. The Labute approximate surface area is 120 Å². The molecule has 5 heteroatoms. The van der Waals surface area contributed by atoms with Crippen molar-refractivity contribution < 1.29 is 4.92 Å². The molecule has 0 saturated heterocycles. The number of aromatic nitrogens is 2. The zero-order valence-electron chi connectivity index (χ0n) is 11.1. The predicted molar refractivity (Wildman–Crippen MR) is 83.3 cm³/mol. The standard InChI is InChI=1S/C8H6N2O2.C8H7N/c11-10(12)7-1-2-8-6(5-7)3-4-9-8;1-2-4-8-7(3-1)5-6-9-8/h1-5,9H;1-6,9H. The van der Waals surface area contributed by atoms with Gasteiger partial charge in [-0.3, -0.25) is 10.1 Å². The highest BCUT2D eigenvalue weighted by molar-refractivity contribution is 5.81. The van der Waals surface area contributed by atoms with Gasteiger partial charge in [0.15, 0.2) is 0 Å². The Balaban J connectivity index is 0.000000131. The lowest BCUT2D eigenvalue weighted by Gasteiger charge is -1.90. The van der Waals surface area contributed by atoms with Crippen LogP contribution in [-0.4, -0.2) is 14.9 Å². The molecule has 0 aliphatic carbocycles. The summed E-state index contributed by atoms with van der Waals surface area (Å²) in [4.78, 5) is 16.0. The summed E-state index contributed by atoms with van der Waals surface area (Å²) in [5.74, 6) is 0. The molecule has 2 heterocycles. The minimum Gasteiger partial charge on any atom is -0.361 e. The van der Waals surface area contributed by atoms with Gasteiger partial charge in [0.1, 0.15) is 0 Å². The van der Waals surface area contributed by atoms with E-state index in [0.717, 1.165) is 10.9 Å². The van der Waals surface area contributed by atoms with E-state index in [-0.39, 0.29) is 5.69 Å². The third-order valence-corrected chi connectivity index (χ3v) is 3.21. The van der Waals surface area contributed by atoms with Crippen LogP contribution >= 0.6 is 0 Å². The van der Waals surface area contributed by atoms with Crippen LogP contribution < -0.4 is 0 Å². The summed E-state index contributed by atoms with van der Waals surface area (Å²) < 4.78 is 0. The number of benzene rings is 2. The maximum absolute atomic E-state index is 10.4. The number of hydrogen-bond acceptors (Lipinski definition) is 2. The maximum Gasteiger partial charge on any atom is 0.270 e. The van der Waals surface area contributed by atoms with Crippen molar-refractivity contribution in [1.29, 1.82) is 0 Å². The Morgan fingerprint density at radius 3 is 2.19 bits per heavy atom. The molecule has 0 radical (unpaired) electrons. The van der Waals surface area contributed by atoms with Crippen molar-refractivity contribution in [3.63, 3.8) is 0 Å². The van der Waals surface area contributed by atoms with E-state index in [1.807, 2.05) is 24.4 Å². The Morgan fingerprint density at radius 2 is 1.48 bits per heavy atom. The maximum atomic E-state index is 10.4. The van der Waals surface area contributed by atoms with Gasteiger partial charge in [-0.25, -0.2) is 0 Å². The Bertz CT molecular complexity index is 862. The average molecular weight is 279 g/mol. The molecule has 21 heavy (non-hydrogen) atoms. The molecule has 0 saturated carbocycles. The largest absolute Gasteiger partial charge is 0.361 e. The van der Waals surface area contributed by atoms with Crippen molar-refractivity contribution in [2.45, 2.75) is 0 Å². The Hall–Kier alpha value is -3.08. The highest BCUT2D eigenvalue weighted by atomic mass is 16.6. The third kappa shape index (κ3) is 2.76. The van der Waals surface area contributed by atoms with E-state index in [1.165, 1.54) is 17.0 Å². The summed E-state index contributed by atoms with van der Waals surface area (Å²) in [6.45, 7) is 0. The lowest BCUT2D eigenvalue weighted by molar-refractivity contribution is -0.384. The van der Waals surface area contributed by atoms with Crippen LogP contribution in [0.1, 0.15) is 0 Å². The van der Waals surface area contributed by atoms with E-state index in [1.54, 1.807) is 18.3 Å². The van der Waals surface area contributed by atoms with Crippen molar-refractivity contribution in [2.24, 2.45) is 0 Å². The normalized spacial score (nSPS) is 10.3. The first kappa shape index (κ1) is 12.9. The number of H-pyrrole nitrogens is 2. The fourth-order valence-corrected chi connectivity index (χ4v) is 2.15. The number of para-hydroxylation sites is 1. The van der Waals surface area contributed by atoms with Gasteiger partial charge >= 0.3 is 0 Å². The number of nitrogens with zero attached hydrogens (tertiary/aromatic N) is 1. The molecule has 4 aromatic rings. The molecular weight excluding hydrogens is 266 g/mol. The van der Waals surface area contributed by atoms with Crippen LogP contribution in [0.2, 0.25) is 0 Å². The molecule has 0 unspecified atom stereocenters. The second-order valence-corrected chi connectivity index (χ2v) is 4.57. The van der Waals surface area contributed by atoms with Crippen molar-refractivity contribution in [2.75, 3.05) is 0 Å². The Morgan fingerprint density at radius 1 is 0.810 bits per heavy atom. The van der Waals surface area contributed by atoms with Gasteiger partial charge < -0.3 is 9.97 Å². The van der Waals surface area contributed by atoms with Crippen LogP contribution in [0, 0.1) is 10.1 Å². The number of nitro benzene ring substituents is 1. The van der Waals surface area contributed by atoms with E-state index < -0.39 is 4.92 Å². The fraction of sp³-hybridized carbons (Fsp3) is 0. The molecular formula is C16H13N3O2. The third-order valence-electron chi connectivity index (χ3n) is 3.21. The van der Waals surface area contributed by atoms with Crippen molar-refractivity contribution >= 4 is 27.5 Å². The van der Waals surface area contributed by atoms with Gasteiger partial charge in [0.25, 0.3) is 5.69 Å². The van der Waals surface area contributed by atoms with Gasteiger partial charge in [-0.05, 0) is 29.7 Å². The van der Waals surface area contributed by atoms with E-state index in [4.69, 9.17) is 0 Å². The minimum atomic E-state index is -0.396. The van der Waals surface area contributed by atoms with Crippen LogP contribution in [0.4, 0.5) is 5.69 Å². The first-order chi connectivity index (χ1) is 10.2. The lowest BCUT2D eigenvalue weighted by atomic mass is 10.2. The molecule has 4 rings (SSSR count). The van der Waals surface area contributed by atoms with E-state index >= 15 is 0 Å². The van der Waals surface area contributed by atoms with Crippen LogP contribution in [-0.2, 0) is 0 Å². The predicted octanol–water partition coefficient (Wildman–Crippen LogP) is 4.24. The molecule has 0 bridgehead atoms.